The number of hydrogen-bond donors (Lipinski definition) is 2. The van der Waals surface area contributed by atoms with Crippen molar-refractivity contribution in [1.82, 2.24) is 10.6 Å². The van der Waals surface area contributed by atoms with Crippen molar-refractivity contribution in [2.45, 2.75) is 18.9 Å². The fourth-order valence-corrected chi connectivity index (χ4v) is 2.45. The molecule has 5 heteroatoms. The lowest BCUT2D eigenvalue weighted by atomic mass is 10.1. The standard InChI is InChI=1S/C9H15N3OS/c10-3-4-11-9(13)7-12-8-1-5-14-6-2-8/h8,12H,1-2,4-7H2,(H,11,13). The number of carbonyl (C=O) groups is 1. The van der Waals surface area contributed by atoms with Crippen LogP contribution in [0.5, 0.6) is 0 Å². The zero-order valence-corrected chi connectivity index (χ0v) is 8.90. The van der Waals surface area contributed by atoms with Gasteiger partial charge in [-0.25, -0.2) is 0 Å². The minimum absolute atomic E-state index is 0.0928. The largest absolute Gasteiger partial charge is 0.342 e. The molecule has 0 spiro atoms. The highest BCUT2D eigenvalue weighted by atomic mass is 32.2. The number of nitrogens with zero attached hydrogens (tertiary/aromatic N) is 1. The van der Waals surface area contributed by atoms with Crippen molar-refractivity contribution in [3.8, 4) is 6.07 Å². The van der Waals surface area contributed by atoms with Gasteiger partial charge in [0.15, 0.2) is 0 Å². The number of rotatable bonds is 4. The van der Waals surface area contributed by atoms with Gasteiger partial charge < -0.3 is 10.6 Å². The van der Waals surface area contributed by atoms with Crippen LogP contribution in [-0.2, 0) is 4.79 Å². The van der Waals surface area contributed by atoms with Gasteiger partial charge in [-0.15, -0.1) is 0 Å². The van der Waals surface area contributed by atoms with E-state index in [0.29, 0.717) is 12.6 Å². The van der Waals surface area contributed by atoms with Crippen molar-refractivity contribution < 1.29 is 4.79 Å². The first kappa shape index (κ1) is 11.3. The molecule has 4 nitrogen and oxygen atoms in total. The molecular formula is C9H15N3OS. The summed E-state index contributed by atoms with van der Waals surface area (Å²) in [5.41, 5.74) is 0. The predicted octanol–water partition coefficient (Wildman–Crippen LogP) is 0.111. The van der Waals surface area contributed by atoms with Gasteiger partial charge in [-0.05, 0) is 24.3 Å². The molecular weight excluding hydrogens is 198 g/mol. The van der Waals surface area contributed by atoms with Gasteiger partial charge in [0.25, 0.3) is 0 Å². The van der Waals surface area contributed by atoms with E-state index in [1.165, 1.54) is 11.5 Å². The van der Waals surface area contributed by atoms with Crippen molar-refractivity contribution in [2.75, 3.05) is 24.6 Å². The van der Waals surface area contributed by atoms with Gasteiger partial charge in [0.05, 0.1) is 12.6 Å². The summed E-state index contributed by atoms with van der Waals surface area (Å²) in [5, 5.41) is 13.9. The fourth-order valence-electron chi connectivity index (χ4n) is 1.34. The summed E-state index contributed by atoms with van der Waals surface area (Å²) in [6.45, 7) is 0.429. The molecule has 1 aliphatic rings. The molecule has 14 heavy (non-hydrogen) atoms. The molecule has 1 aliphatic heterocycles. The second-order valence-corrected chi connectivity index (χ2v) is 4.43. The Labute approximate surface area is 88.4 Å². The van der Waals surface area contributed by atoms with Crippen molar-refractivity contribution in [2.24, 2.45) is 0 Å². The third-order valence-electron chi connectivity index (χ3n) is 2.14. The van der Waals surface area contributed by atoms with Gasteiger partial charge in [-0.1, -0.05) is 0 Å². The Morgan fingerprint density at radius 1 is 1.50 bits per heavy atom. The van der Waals surface area contributed by atoms with E-state index >= 15 is 0 Å². The topological polar surface area (TPSA) is 64.9 Å². The summed E-state index contributed by atoms with van der Waals surface area (Å²) in [7, 11) is 0. The van der Waals surface area contributed by atoms with E-state index in [2.05, 4.69) is 10.6 Å². The summed E-state index contributed by atoms with van der Waals surface area (Å²) in [6, 6.07) is 2.35. The second kappa shape index (κ2) is 6.68. The lowest BCUT2D eigenvalue weighted by molar-refractivity contribution is -0.120. The van der Waals surface area contributed by atoms with Crippen LogP contribution >= 0.6 is 11.8 Å². The second-order valence-electron chi connectivity index (χ2n) is 3.20. The Hall–Kier alpha value is -0.730. The number of nitriles is 1. The molecule has 0 bridgehead atoms. The van der Waals surface area contributed by atoms with Crippen LogP contribution in [0.25, 0.3) is 0 Å². The molecule has 1 heterocycles. The van der Waals surface area contributed by atoms with Crippen LogP contribution in [0.15, 0.2) is 0 Å². The van der Waals surface area contributed by atoms with E-state index in [-0.39, 0.29) is 12.5 Å². The summed E-state index contributed by atoms with van der Waals surface area (Å²) in [6.07, 6.45) is 2.27. The molecule has 0 unspecified atom stereocenters. The van der Waals surface area contributed by atoms with Crippen LogP contribution in [-0.4, -0.2) is 36.5 Å². The van der Waals surface area contributed by atoms with Gasteiger partial charge in [0.2, 0.25) is 5.91 Å². The van der Waals surface area contributed by atoms with Crippen LogP contribution < -0.4 is 10.6 Å². The molecule has 0 atom stereocenters. The molecule has 0 aromatic carbocycles. The summed E-state index contributed by atoms with van der Waals surface area (Å²) < 4.78 is 0. The van der Waals surface area contributed by atoms with Gasteiger partial charge in [-0.2, -0.15) is 17.0 Å². The molecule has 0 aromatic heterocycles. The molecule has 0 saturated carbocycles. The van der Waals surface area contributed by atoms with Crippen LogP contribution in [0.3, 0.4) is 0 Å². The van der Waals surface area contributed by atoms with Crippen molar-refractivity contribution in [3.05, 3.63) is 0 Å². The quantitative estimate of drug-likeness (QED) is 0.651. The molecule has 1 rings (SSSR count). The maximum Gasteiger partial charge on any atom is 0.234 e. The van der Waals surface area contributed by atoms with E-state index in [0.717, 1.165) is 12.8 Å². The lowest BCUT2D eigenvalue weighted by Crippen LogP contribution is -2.40. The minimum atomic E-state index is -0.0928. The van der Waals surface area contributed by atoms with E-state index in [4.69, 9.17) is 5.26 Å². The minimum Gasteiger partial charge on any atom is -0.342 e. The highest BCUT2D eigenvalue weighted by Gasteiger charge is 2.13. The molecule has 0 radical (unpaired) electrons. The number of hydrogen-bond acceptors (Lipinski definition) is 4. The Kier molecular flexibility index (Phi) is 5.42. The molecule has 0 aliphatic carbocycles. The zero-order valence-electron chi connectivity index (χ0n) is 8.08. The van der Waals surface area contributed by atoms with E-state index < -0.39 is 0 Å². The number of amides is 1. The monoisotopic (exact) mass is 213 g/mol. The molecule has 2 N–H and O–H groups in total. The Bertz CT molecular complexity index is 221. The Morgan fingerprint density at radius 2 is 2.21 bits per heavy atom. The first-order valence-corrected chi connectivity index (χ1v) is 5.93. The first-order chi connectivity index (χ1) is 6.83. The first-order valence-electron chi connectivity index (χ1n) is 4.77. The van der Waals surface area contributed by atoms with Gasteiger partial charge in [-0.3, -0.25) is 4.79 Å². The Balaban J connectivity index is 2.07. The maximum atomic E-state index is 11.1. The SMILES string of the molecule is N#CCNC(=O)CNC1CCSCC1. The third-order valence-corrected chi connectivity index (χ3v) is 3.19. The van der Waals surface area contributed by atoms with Crippen LogP contribution in [0.2, 0.25) is 0 Å². The molecule has 78 valence electrons. The van der Waals surface area contributed by atoms with Crippen LogP contribution in [0, 0.1) is 11.3 Å². The molecule has 1 fully saturated rings. The van der Waals surface area contributed by atoms with Crippen molar-refractivity contribution in [1.29, 1.82) is 5.26 Å². The van der Waals surface area contributed by atoms with Crippen LogP contribution in [0.1, 0.15) is 12.8 Å². The average Bonchev–Trinajstić information content (AvgIpc) is 2.25. The number of carbonyl (C=O) groups excluding carboxylic acids is 1. The van der Waals surface area contributed by atoms with Gasteiger partial charge in [0, 0.05) is 6.04 Å². The van der Waals surface area contributed by atoms with Crippen LogP contribution in [0.4, 0.5) is 0 Å². The van der Waals surface area contributed by atoms with Crippen molar-refractivity contribution >= 4 is 17.7 Å². The van der Waals surface area contributed by atoms with Crippen molar-refractivity contribution in [3.63, 3.8) is 0 Å². The lowest BCUT2D eigenvalue weighted by Gasteiger charge is -2.22. The van der Waals surface area contributed by atoms with E-state index in [9.17, 15) is 4.79 Å². The summed E-state index contributed by atoms with van der Waals surface area (Å²) in [5.74, 6) is 2.26. The van der Waals surface area contributed by atoms with Gasteiger partial charge >= 0.3 is 0 Å². The smallest absolute Gasteiger partial charge is 0.234 e. The summed E-state index contributed by atoms with van der Waals surface area (Å²) in [4.78, 5) is 11.1. The van der Waals surface area contributed by atoms with Gasteiger partial charge in [0.1, 0.15) is 6.54 Å². The molecule has 1 amide bonds. The number of thioether (sulfide) groups is 1. The fraction of sp³-hybridized carbons (Fsp3) is 0.778. The predicted molar refractivity (Wildman–Crippen MR) is 57.0 cm³/mol. The molecule has 0 aromatic rings. The Morgan fingerprint density at radius 3 is 2.86 bits per heavy atom. The average molecular weight is 213 g/mol. The highest BCUT2D eigenvalue weighted by Crippen LogP contribution is 2.16. The molecule has 1 saturated heterocycles. The van der Waals surface area contributed by atoms with E-state index in [1.807, 2.05) is 17.8 Å². The highest BCUT2D eigenvalue weighted by molar-refractivity contribution is 7.99. The maximum absolute atomic E-state index is 11.1. The normalized spacial score (nSPS) is 17.4. The van der Waals surface area contributed by atoms with E-state index in [1.54, 1.807) is 0 Å². The summed E-state index contributed by atoms with van der Waals surface area (Å²) >= 11 is 1.96. The third kappa shape index (κ3) is 4.49. The number of nitrogens with one attached hydrogen (secondary N) is 2. The zero-order chi connectivity index (χ0) is 10.2.